The van der Waals surface area contributed by atoms with Crippen LogP contribution in [0.4, 0.5) is 0 Å². The first-order chi connectivity index (χ1) is 6.09. The number of hydrogen-bond acceptors (Lipinski definition) is 5. The second kappa shape index (κ2) is 4.04. The lowest BCUT2D eigenvalue weighted by molar-refractivity contribution is -0.129. The summed E-state index contributed by atoms with van der Waals surface area (Å²) < 4.78 is 0. The number of amidine groups is 1. The van der Waals surface area contributed by atoms with E-state index in [9.17, 15) is 9.59 Å². The number of carboxylic acid groups (broad SMARTS) is 1. The standard InChI is InChI=1S/C6H7N3O3S/c1-3(5(11)12)8-9-6-7-4(10)2-13-6/h2H2,1H3,(H,11,12)(H,7,9,10)/b8-3+. The molecule has 1 aliphatic heterocycles. The van der Waals surface area contributed by atoms with Crippen molar-refractivity contribution >= 4 is 34.5 Å². The Labute approximate surface area is 78.1 Å². The Morgan fingerprint density at radius 1 is 1.69 bits per heavy atom. The van der Waals surface area contributed by atoms with Gasteiger partial charge >= 0.3 is 5.97 Å². The van der Waals surface area contributed by atoms with Gasteiger partial charge in [0.1, 0.15) is 5.71 Å². The summed E-state index contributed by atoms with van der Waals surface area (Å²) in [5, 5.41) is 18.1. The van der Waals surface area contributed by atoms with E-state index in [1.54, 1.807) is 0 Å². The fourth-order valence-corrected chi connectivity index (χ4v) is 1.17. The van der Waals surface area contributed by atoms with Crippen molar-refractivity contribution < 1.29 is 14.7 Å². The summed E-state index contributed by atoms with van der Waals surface area (Å²) in [6, 6.07) is 0. The van der Waals surface area contributed by atoms with E-state index in [0.29, 0.717) is 10.9 Å². The van der Waals surface area contributed by atoms with Crippen LogP contribution in [-0.4, -0.2) is 33.6 Å². The van der Waals surface area contributed by atoms with Crippen molar-refractivity contribution in [2.45, 2.75) is 6.92 Å². The van der Waals surface area contributed by atoms with Crippen LogP contribution in [0.3, 0.4) is 0 Å². The van der Waals surface area contributed by atoms with Crippen LogP contribution in [0.1, 0.15) is 6.92 Å². The molecule has 0 aromatic rings. The maximum Gasteiger partial charge on any atom is 0.351 e. The molecule has 2 N–H and O–H groups in total. The molecule has 1 saturated heterocycles. The lowest BCUT2D eigenvalue weighted by Crippen LogP contribution is -2.20. The molecule has 0 radical (unpaired) electrons. The highest BCUT2D eigenvalue weighted by Gasteiger charge is 2.16. The van der Waals surface area contributed by atoms with Crippen molar-refractivity contribution in [1.82, 2.24) is 5.32 Å². The Balaban J connectivity index is 2.62. The summed E-state index contributed by atoms with van der Waals surface area (Å²) in [5.41, 5.74) is -0.116. The average molecular weight is 201 g/mol. The third-order valence-corrected chi connectivity index (χ3v) is 2.05. The summed E-state index contributed by atoms with van der Waals surface area (Å²) in [7, 11) is 0. The van der Waals surface area contributed by atoms with E-state index in [1.165, 1.54) is 18.7 Å². The largest absolute Gasteiger partial charge is 0.477 e. The zero-order valence-corrected chi connectivity index (χ0v) is 7.59. The van der Waals surface area contributed by atoms with Crippen LogP contribution in [0, 0.1) is 0 Å². The van der Waals surface area contributed by atoms with E-state index < -0.39 is 5.97 Å². The Morgan fingerprint density at radius 3 is 2.85 bits per heavy atom. The molecule has 1 amide bonds. The highest BCUT2D eigenvalue weighted by molar-refractivity contribution is 8.15. The number of carbonyl (C=O) groups is 2. The van der Waals surface area contributed by atoms with Gasteiger partial charge in [-0.1, -0.05) is 11.8 Å². The molecule has 1 heterocycles. The zero-order valence-electron chi connectivity index (χ0n) is 6.77. The van der Waals surface area contributed by atoms with Gasteiger partial charge in [0, 0.05) is 0 Å². The molecule has 6 nitrogen and oxygen atoms in total. The lowest BCUT2D eigenvalue weighted by atomic mass is 10.4. The fraction of sp³-hybridized carbons (Fsp3) is 0.333. The van der Waals surface area contributed by atoms with Crippen LogP contribution in [-0.2, 0) is 9.59 Å². The predicted molar refractivity (Wildman–Crippen MR) is 48.8 cm³/mol. The van der Waals surface area contributed by atoms with Gasteiger partial charge in [-0.25, -0.2) is 4.79 Å². The van der Waals surface area contributed by atoms with Crippen LogP contribution in [0.15, 0.2) is 10.2 Å². The smallest absolute Gasteiger partial charge is 0.351 e. The minimum atomic E-state index is -1.13. The average Bonchev–Trinajstić information content (AvgIpc) is 2.47. The molecule has 0 spiro atoms. The van der Waals surface area contributed by atoms with Crippen LogP contribution in [0.2, 0.25) is 0 Å². The highest BCUT2D eigenvalue weighted by atomic mass is 32.2. The maximum absolute atomic E-state index is 10.7. The number of thioether (sulfide) groups is 1. The van der Waals surface area contributed by atoms with Gasteiger partial charge in [0.25, 0.3) is 0 Å². The quantitative estimate of drug-likeness (QED) is 0.472. The van der Waals surface area contributed by atoms with Crippen molar-refractivity contribution in [3.05, 3.63) is 0 Å². The van der Waals surface area contributed by atoms with Crippen molar-refractivity contribution in [2.75, 3.05) is 5.75 Å². The third-order valence-electron chi connectivity index (χ3n) is 1.19. The SMILES string of the molecule is C/C(=N\N=C1\NC(=O)CS1)C(=O)O. The highest BCUT2D eigenvalue weighted by Crippen LogP contribution is 2.08. The van der Waals surface area contributed by atoms with Crippen molar-refractivity contribution in [2.24, 2.45) is 10.2 Å². The Hall–Kier alpha value is -1.37. The van der Waals surface area contributed by atoms with Crippen molar-refractivity contribution in [1.29, 1.82) is 0 Å². The summed E-state index contributed by atoms with van der Waals surface area (Å²) in [5.74, 6) is -0.967. The molecule has 7 heteroatoms. The number of amides is 1. The number of carboxylic acids is 1. The molecule has 0 aromatic heterocycles. The molecule has 0 unspecified atom stereocenters. The zero-order chi connectivity index (χ0) is 9.84. The molecule has 0 aromatic carbocycles. The van der Waals surface area contributed by atoms with Crippen molar-refractivity contribution in [3.8, 4) is 0 Å². The first-order valence-corrected chi connectivity index (χ1v) is 4.36. The van der Waals surface area contributed by atoms with Gasteiger partial charge < -0.3 is 10.4 Å². The van der Waals surface area contributed by atoms with Crippen LogP contribution in [0.25, 0.3) is 0 Å². The van der Waals surface area contributed by atoms with Gasteiger partial charge in [0.15, 0.2) is 5.17 Å². The van der Waals surface area contributed by atoms with Crippen LogP contribution >= 0.6 is 11.8 Å². The van der Waals surface area contributed by atoms with E-state index in [-0.39, 0.29) is 11.6 Å². The molecular formula is C6H7N3O3S. The molecule has 0 atom stereocenters. The number of aliphatic carboxylic acids is 1. The van der Waals surface area contributed by atoms with Gasteiger partial charge in [-0.3, -0.25) is 4.79 Å². The summed E-state index contributed by atoms with van der Waals surface area (Å²) in [4.78, 5) is 20.9. The van der Waals surface area contributed by atoms with Gasteiger partial charge in [-0.2, -0.15) is 0 Å². The van der Waals surface area contributed by atoms with Crippen molar-refractivity contribution in [3.63, 3.8) is 0 Å². The molecule has 1 aliphatic rings. The van der Waals surface area contributed by atoms with Gasteiger partial charge in [0.05, 0.1) is 5.75 Å². The Bertz CT molecular complexity index is 310. The Kier molecular flexibility index (Phi) is 3.02. The lowest BCUT2D eigenvalue weighted by Gasteiger charge is -1.90. The summed E-state index contributed by atoms with van der Waals surface area (Å²) in [6.45, 7) is 1.33. The molecular weight excluding hydrogens is 194 g/mol. The maximum atomic E-state index is 10.7. The monoisotopic (exact) mass is 201 g/mol. The second-order valence-corrected chi connectivity index (χ2v) is 3.20. The predicted octanol–water partition coefficient (Wildman–Crippen LogP) is -0.334. The molecule has 70 valence electrons. The number of carbonyl (C=O) groups excluding carboxylic acids is 1. The van der Waals surface area contributed by atoms with E-state index in [4.69, 9.17) is 5.11 Å². The van der Waals surface area contributed by atoms with Gasteiger partial charge in [0.2, 0.25) is 5.91 Å². The summed E-state index contributed by atoms with van der Waals surface area (Å²) in [6.07, 6.45) is 0. The molecule has 1 fully saturated rings. The molecule has 13 heavy (non-hydrogen) atoms. The van der Waals surface area contributed by atoms with Gasteiger partial charge in [-0.05, 0) is 6.92 Å². The van der Waals surface area contributed by atoms with Crippen LogP contribution in [0.5, 0.6) is 0 Å². The van der Waals surface area contributed by atoms with E-state index in [1.807, 2.05) is 0 Å². The number of hydrogen-bond donors (Lipinski definition) is 2. The minimum Gasteiger partial charge on any atom is -0.477 e. The molecule has 0 saturated carbocycles. The first-order valence-electron chi connectivity index (χ1n) is 3.38. The third kappa shape index (κ3) is 2.86. The second-order valence-electron chi connectivity index (χ2n) is 2.23. The normalized spacial score (nSPS) is 20.5. The number of nitrogens with one attached hydrogen (secondary N) is 1. The van der Waals surface area contributed by atoms with E-state index in [0.717, 1.165) is 0 Å². The molecule has 0 bridgehead atoms. The fourth-order valence-electron chi connectivity index (χ4n) is 0.542. The Morgan fingerprint density at radius 2 is 2.38 bits per heavy atom. The van der Waals surface area contributed by atoms with Crippen LogP contribution < -0.4 is 5.32 Å². The summed E-state index contributed by atoms with van der Waals surface area (Å²) >= 11 is 1.19. The molecule has 1 rings (SSSR count). The van der Waals surface area contributed by atoms with Gasteiger partial charge in [-0.15, -0.1) is 10.2 Å². The topological polar surface area (TPSA) is 91.1 Å². The number of rotatable bonds is 2. The first kappa shape index (κ1) is 9.72. The number of nitrogens with zero attached hydrogens (tertiary/aromatic N) is 2. The minimum absolute atomic E-state index is 0.116. The molecule has 0 aliphatic carbocycles. The van der Waals surface area contributed by atoms with E-state index in [2.05, 4.69) is 15.5 Å². The van der Waals surface area contributed by atoms with E-state index >= 15 is 0 Å².